The molecule has 5 rings (SSSR count). The fourth-order valence-electron chi connectivity index (χ4n) is 4.76. The number of nitrogens with zero attached hydrogens (tertiary/aromatic N) is 4. The predicted octanol–water partition coefficient (Wildman–Crippen LogP) is 4.25. The largest absolute Gasteiger partial charge is 0.492 e. The van der Waals surface area contributed by atoms with E-state index in [1.54, 1.807) is 9.13 Å². The molecular weight excluding hydrogens is 452 g/mol. The van der Waals surface area contributed by atoms with Gasteiger partial charge in [-0.25, -0.2) is 4.79 Å². The van der Waals surface area contributed by atoms with Crippen LogP contribution in [0.5, 0.6) is 11.5 Å². The van der Waals surface area contributed by atoms with E-state index in [-0.39, 0.29) is 5.69 Å². The Kier molecular flexibility index (Phi) is 7.39. The molecule has 1 unspecified atom stereocenters. The van der Waals surface area contributed by atoms with Crippen molar-refractivity contribution in [1.29, 1.82) is 0 Å². The first-order chi connectivity index (χ1) is 17.6. The molecule has 7 nitrogen and oxygen atoms in total. The van der Waals surface area contributed by atoms with E-state index in [1.807, 2.05) is 79.1 Å². The Morgan fingerprint density at radius 1 is 0.917 bits per heavy atom. The van der Waals surface area contributed by atoms with Crippen LogP contribution in [-0.2, 0) is 0 Å². The van der Waals surface area contributed by atoms with Crippen molar-refractivity contribution in [2.24, 2.45) is 0 Å². The molecule has 7 heteroatoms. The van der Waals surface area contributed by atoms with E-state index in [2.05, 4.69) is 23.9 Å². The third-order valence-corrected chi connectivity index (χ3v) is 6.94. The van der Waals surface area contributed by atoms with Gasteiger partial charge in [0, 0.05) is 43.6 Å². The third-order valence-electron chi connectivity index (χ3n) is 6.94. The lowest BCUT2D eigenvalue weighted by Gasteiger charge is -2.20. The van der Waals surface area contributed by atoms with E-state index < -0.39 is 0 Å². The first-order valence-corrected chi connectivity index (χ1v) is 12.6. The number of hydrogen-bond donors (Lipinski definition) is 0. The van der Waals surface area contributed by atoms with Crippen LogP contribution < -0.4 is 15.2 Å². The van der Waals surface area contributed by atoms with Crippen molar-refractivity contribution in [2.75, 3.05) is 40.3 Å². The van der Waals surface area contributed by atoms with E-state index in [1.165, 1.54) is 6.42 Å². The number of likely N-dealkylation sites (N-methyl/N-ethyl adjacent to an activating group) is 1. The van der Waals surface area contributed by atoms with Crippen molar-refractivity contribution in [3.05, 3.63) is 95.4 Å². The maximum atomic E-state index is 13.1. The van der Waals surface area contributed by atoms with Gasteiger partial charge in [-0.15, -0.1) is 0 Å². The number of imidazole rings is 1. The van der Waals surface area contributed by atoms with Crippen LogP contribution in [0, 0.1) is 0 Å². The van der Waals surface area contributed by atoms with Crippen LogP contribution in [0.4, 0.5) is 0 Å². The van der Waals surface area contributed by atoms with Gasteiger partial charge in [-0.05, 0) is 82.0 Å². The van der Waals surface area contributed by atoms with Gasteiger partial charge in [0.1, 0.15) is 23.9 Å². The normalized spacial score (nSPS) is 18.2. The van der Waals surface area contributed by atoms with Crippen molar-refractivity contribution in [3.63, 3.8) is 0 Å². The maximum absolute atomic E-state index is 13.1. The molecule has 0 spiro atoms. The number of allylic oxidation sites excluding steroid dienone is 4. The van der Waals surface area contributed by atoms with Gasteiger partial charge in [-0.3, -0.25) is 14.0 Å². The van der Waals surface area contributed by atoms with Crippen molar-refractivity contribution in [1.82, 2.24) is 18.9 Å². The SMILES string of the molecule is CN(C)C1CCN(CCOc2ccc(-n3ccn(C4=CC=C(Oc5ccccc5)CC4)c3=O)cc2)C1. The highest BCUT2D eigenvalue weighted by molar-refractivity contribution is 5.52. The number of rotatable bonds is 9. The molecule has 0 N–H and O–H groups in total. The van der Waals surface area contributed by atoms with Gasteiger partial charge in [0.25, 0.3) is 0 Å². The summed E-state index contributed by atoms with van der Waals surface area (Å²) >= 11 is 0. The fraction of sp³-hybridized carbons (Fsp3) is 0.345. The van der Waals surface area contributed by atoms with Crippen LogP contribution in [0.15, 0.2) is 89.7 Å². The summed E-state index contributed by atoms with van der Waals surface area (Å²) in [6, 6.07) is 18.1. The van der Waals surface area contributed by atoms with Gasteiger partial charge in [-0.2, -0.15) is 0 Å². The zero-order valence-corrected chi connectivity index (χ0v) is 21.0. The van der Waals surface area contributed by atoms with Gasteiger partial charge < -0.3 is 14.4 Å². The second-order valence-corrected chi connectivity index (χ2v) is 9.58. The Balaban J connectivity index is 1.18. The Bertz CT molecular complexity index is 1270. The molecule has 1 atom stereocenters. The number of hydrogen-bond acceptors (Lipinski definition) is 5. The van der Waals surface area contributed by atoms with Crippen molar-refractivity contribution in [2.45, 2.75) is 25.3 Å². The molecular formula is C29H34N4O3. The summed E-state index contributed by atoms with van der Waals surface area (Å²) in [6.45, 7) is 3.81. The van der Waals surface area contributed by atoms with E-state index in [0.29, 0.717) is 12.6 Å². The highest BCUT2D eigenvalue weighted by Gasteiger charge is 2.23. The molecule has 2 heterocycles. The molecule has 0 radical (unpaired) electrons. The van der Waals surface area contributed by atoms with Crippen LogP contribution in [-0.4, -0.2) is 65.3 Å². The van der Waals surface area contributed by atoms with Crippen LogP contribution >= 0.6 is 0 Å². The summed E-state index contributed by atoms with van der Waals surface area (Å²) in [4.78, 5) is 17.9. The summed E-state index contributed by atoms with van der Waals surface area (Å²) in [6.07, 6.45) is 10.3. The summed E-state index contributed by atoms with van der Waals surface area (Å²) in [7, 11) is 4.29. The molecule has 1 fully saturated rings. The Morgan fingerprint density at radius 3 is 2.39 bits per heavy atom. The smallest absolute Gasteiger partial charge is 0.337 e. The summed E-state index contributed by atoms with van der Waals surface area (Å²) in [5.74, 6) is 2.54. The van der Waals surface area contributed by atoms with E-state index in [4.69, 9.17) is 9.47 Å². The Morgan fingerprint density at radius 2 is 1.69 bits per heavy atom. The number of likely N-dealkylation sites (tertiary alicyclic amines) is 1. The molecule has 36 heavy (non-hydrogen) atoms. The van der Waals surface area contributed by atoms with Crippen LogP contribution in [0.25, 0.3) is 11.4 Å². The topological polar surface area (TPSA) is 51.9 Å². The molecule has 0 amide bonds. The summed E-state index contributed by atoms with van der Waals surface area (Å²) in [5, 5.41) is 0. The molecule has 1 saturated heterocycles. The molecule has 0 saturated carbocycles. The summed E-state index contributed by atoms with van der Waals surface area (Å²) < 4.78 is 15.3. The molecule has 2 aromatic carbocycles. The minimum absolute atomic E-state index is 0.0831. The molecule has 0 bridgehead atoms. The average Bonchev–Trinajstić information content (AvgIpc) is 3.53. The van der Waals surface area contributed by atoms with E-state index >= 15 is 0 Å². The predicted molar refractivity (Wildman–Crippen MR) is 143 cm³/mol. The highest BCUT2D eigenvalue weighted by atomic mass is 16.5. The average molecular weight is 487 g/mol. The van der Waals surface area contributed by atoms with Gasteiger partial charge in [0.2, 0.25) is 0 Å². The Hall–Kier alpha value is -3.55. The quantitative estimate of drug-likeness (QED) is 0.453. The monoisotopic (exact) mass is 486 g/mol. The first kappa shape index (κ1) is 24.2. The lowest BCUT2D eigenvalue weighted by molar-refractivity contribution is 0.220. The van der Waals surface area contributed by atoms with E-state index in [0.717, 1.165) is 61.1 Å². The summed E-state index contributed by atoms with van der Waals surface area (Å²) in [5.41, 5.74) is 1.69. The molecule has 188 valence electrons. The van der Waals surface area contributed by atoms with Crippen LogP contribution in [0.2, 0.25) is 0 Å². The lowest BCUT2D eigenvalue weighted by Crippen LogP contribution is -2.33. The first-order valence-electron chi connectivity index (χ1n) is 12.6. The highest BCUT2D eigenvalue weighted by Crippen LogP contribution is 2.24. The standard InChI is InChI=1S/C29H34N4O3/c1-30(2)25-16-17-31(22-25)20-21-35-26-12-8-23(9-13-26)32-18-19-33(29(32)34)24-10-14-28(15-11-24)36-27-6-4-3-5-7-27/h3-10,12-14,18-19,25H,11,15-17,20-22H2,1-2H3. The van der Waals surface area contributed by atoms with Gasteiger partial charge in [0.15, 0.2) is 0 Å². The number of aromatic nitrogens is 2. The van der Waals surface area contributed by atoms with Gasteiger partial charge >= 0.3 is 5.69 Å². The van der Waals surface area contributed by atoms with Gasteiger partial charge in [-0.1, -0.05) is 18.2 Å². The number of para-hydroxylation sites is 1. The van der Waals surface area contributed by atoms with Crippen LogP contribution in [0.3, 0.4) is 0 Å². The molecule has 1 aromatic heterocycles. The second-order valence-electron chi connectivity index (χ2n) is 9.58. The lowest BCUT2D eigenvalue weighted by atomic mass is 10.1. The number of ether oxygens (including phenoxy) is 2. The molecule has 1 aliphatic heterocycles. The van der Waals surface area contributed by atoms with Crippen LogP contribution in [0.1, 0.15) is 19.3 Å². The zero-order valence-electron chi connectivity index (χ0n) is 21.0. The second kappa shape index (κ2) is 11.0. The fourth-order valence-corrected chi connectivity index (χ4v) is 4.76. The van der Waals surface area contributed by atoms with Crippen molar-refractivity contribution >= 4 is 5.70 Å². The minimum Gasteiger partial charge on any atom is -0.492 e. The zero-order chi connectivity index (χ0) is 24.9. The third kappa shape index (κ3) is 5.64. The molecule has 1 aliphatic carbocycles. The van der Waals surface area contributed by atoms with E-state index in [9.17, 15) is 4.79 Å². The molecule has 3 aromatic rings. The Labute approximate surface area is 212 Å². The molecule has 2 aliphatic rings. The number of benzene rings is 2. The van der Waals surface area contributed by atoms with Gasteiger partial charge in [0.05, 0.1) is 5.69 Å². The maximum Gasteiger partial charge on any atom is 0.337 e. The minimum atomic E-state index is -0.0831. The van der Waals surface area contributed by atoms with Crippen molar-refractivity contribution in [3.8, 4) is 17.2 Å². The van der Waals surface area contributed by atoms with Crippen molar-refractivity contribution < 1.29 is 9.47 Å².